The van der Waals surface area contributed by atoms with Crippen molar-refractivity contribution >= 4 is 50.8 Å². The molecule has 0 unspecified atom stereocenters. The van der Waals surface area contributed by atoms with Crippen LogP contribution in [0.1, 0.15) is 12.0 Å². The van der Waals surface area contributed by atoms with Crippen molar-refractivity contribution < 1.29 is 9.53 Å². The molecule has 1 aliphatic rings. The Kier molecular flexibility index (Phi) is 5.07. The number of hydrogen-bond acceptors (Lipinski definition) is 7. The second-order valence-electron chi connectivity index (χ2n) is 6.14. The van der Waals surface area contributed by atoms with Crippen LogP contribution in [0, 0.1) is 0 Å². The zero-order chi connectivity index (χ0) is 19.5. The van der Waals surface area contributed by atoms with Crippen molar-refractivity contribution in [3.05, 3.63) is 52.8 Å². The van der Waals surface area contributed by atoms with Crippen LogP contribution in [0.3, 0.4) is 0 Å². The number of halogens is 1. The number of pyridine rings is 1. The maximum atomic E-state index is 11.5. The molecule has 0 spiro atoms. The molecule has 0 bridgehead atoms. The Bertz CT molecular complexity index is 1030. The van der Waals surface area contributed by atoms with Crippen LogP contribution in [0.25, 0.3) is 0 Å². The van der Waals surface area contributed by atoms with E-state index in [0.717, 1.165) is 16.9 Å². The minimum absolute atomic E-state index is 0.0484. The number of hydrogen-bond donors (Lipinski definition) is 3. The van der Waals surface area contributed by atoms with Gasteiger partial charge in [-0.1, -0.05) is 0 Å². The molecule has 4 rings (SSSR count). The predicted octanol–water partition coefficient (Wildman–Crippen LogP) is 4.01. The second kappa shape index (κ2) is 7.81. The van der Waals surface area contributed by atoms with Gasteiger partial charge in [0.25, 0.3) is 0 Å². The molecule has 2 aromatic heterocycles. The molecule has 9 heteroatoms. The lowest BCUT2D eigenvalue weighted by Crippen LogP contribution is -2.18. The van der Waals surface area contributed by atoms with Gasteiger partial charge in [0.2, 0.25) is 11.9 Å². The zero-order valence-electron chi connectivity index (χ0n) is 15.0. The third-order valence-corrected chi connectivity index (χ3v) is 4.80. The number of nitrogens with one attached hydrogen (secondary N) is 3. The predicted molar refractivity (Wildman–Crippen MR) is 110 cm³/mol. The third kappa shape index (κ3) is 4.04. The van der Waals surface area contributed by atoms with E-state index in [2.05, 4.69) is 46.8 Å². The van der Waals surface area contributed by atoms with Crippen LogP contribution in [0.2, 0.25) is 0 Å². The number of ether oxygens (including phenoxy) is 1. The topological polar surface area (TPSA) is 101 Å². The van der Waals surface area contributed by atoms with Gasteiger partial charge in [0.05, 0.1) is 17.8 Å². The van der Waals surface area contributed by atoms with E-state index < -0.39 is 0 Å². The lowest BCUT2D eigenvalue weighted by Gasteiger charge is -2.18. The quantitative estimate of drug-likeness (QED) is 0.550. The van der Waals surface area contributed by atoms with Gasteiger partial charge >= 0.3 is 0 Å². The summed E-state index contributed by atoms with van der Waals surface area (Å²) in [5.41, 5.74) is 2.79. The Labute approximate surface area is 169 Å². The highest BCUT2D eigenvalue weighted by atomic mass is 79.9. The molecule has 3 heterocycles. The van der Waals surface area contributed by atoms with Gasteiger partial charge in [-0.15, -0.1) is 0 Å². The summed E-state index contributed by atoms with van der Waals surface area (Å²) in [5.74, 6) is 2.39. The van der Waals surface area contributed by atoms with Crippen molar-refractivity contribution in [1.29, 1.82) is 0 Å². The summed E-state index contributed by atoms with van der Waals surface area (Å²) >= 11 is 3.45. The van der Waals surface area contributed by atoms with Crippen LogP contribution in [-0.4, -0.2) is 28.0 Å². The molecule has 1 amide bonds. The largest absolute Gasteiger partial charge is 0.495 e. The fraction of sp³-hybridized carbons (Fsp3) is 0.158. The Morgan fingerprint density at radius 2 is 2.00 bits per heavy atom. The third-order valence-electron chi connectivity index (χ3n) is 4.22. The van der Waals surface area contributed by atoms with E-state index >= 15 is 0 Å². The fourth-order valence-electron chi connectivity index (χ4n) is 2.80. The number of methoxy groups -OCH3 is 1. The molecule has 3 N–H and O–H groups in total. The molecule has 3 aromatic rings. The molecule has 142 valence electrons. The Morgan fingerprint density at radius 1 is 1.11 bits per heavy atom. The van der Waals surface area contributed by atoms with Crippen molar-refractivity contribution in [2.45, 2.75) is 12.8 Å². The number of aromatic nitrogens is 3. The number of anilines is 5. The van der Waals surface area contributed by atoms with Gasteiger partial charge in [-0.3, -0.25) is 4.79 Å². The first-order valence-corrected chi connectivity index (χ1v) is 9.39. The van der Waals surface area contributed by atoms with Crippen LogP contribution in [0.15, 0.2) is 47.2 Å². The number of amides is 1. The SMILES string of the molecule is COc1ccc(Nc2nc(Nc3ccc4c(c3)CCC(=O)N4)ncc2Br)nc1. The van der Waals surface area contributed by atoms with Crippen molar-refractivity contribution in [2.24, 2.45) is 0 Å². The van der Waals surface area contributed by atoms with Gasteiger partial charge in [0.1, 0.15) is 11.6 Å². The smallest absolute Gasteiger partial charge is 0.229 e. The Hall–Kier alpha value is -3.20. The van der Waals surface area contributed by atoms with Crippen LogP contribution in [0.5, 0.6) is 5.75 Å². The number of carbonyl (C=O) groups excluding carboxylic acids is 1. The van der Waals surface area contributed by atoms with Gasteiger partial charge in [-0.2, -0.15) is 4.98 Å². The van der Waals surface area contributed by atoms with Gasteiger partial charge in [-0.25, -0.2) is 9.97 Å². The van der Waals surface area contributed by atoms with Crippen LogP contribution in [-0.2, 0) is 11.2 Å². The zero-order valence-corrected chi connectivity index (χ0v) is 16.6. The maximum Gasteiger partial charge on any atom is 0.229 e. The maximum absolute atomic E-state index is 11.5. The molecular weight excluding hydrogens is 424 g/mol. The van der Waals surface area contributed by atoms with Gasteiger partial charge in [0, 0.05) is 24.0 Å². The number of carbonyl (C=O) groups is 1. The number of rotatable bonds is 5. The number of nitrogens with zero attached hydrogens (tertiary/aromatic N) is 3. The van der Waals surface area contributed by atoms with E-state index in [4.69, 9.17) is 4.74 Å². The summed E-state index contributed by atoms with van der Waals surface area (Å²) in [6.45, 7) is 0. The van der Waals surface area contributed by atoms with E-state index in [1.54, 1.807) is 25.6 Å². The minimum Gasteiger partial charge on any atom is -0.495 e. The number of aryl methyl sites for hydroxylation is 1. The first-order chi connectivity index (χ1) is 13.6. The van der Waals surface area contributed by atoms with Crippen molar-refractivity contribution in [3.8, 4) is 5.75 Å². The molecule has 0 aliphatic carbocycles. The molecular formula is C19H17BrN6O2. The molecule has 8 nitrogen and oxygen atoms in total. The lowest BCUT2D eigenvalue weighted by molar-refractivity contribution is -0.116. The van der Waals surface area contributed by atoms with E-state index in [1.807, 2.05) is 24.3 Å². The molecule has 0 saturated carbocycles. The summed E-state index contributed by atoms with van der Waals surface area (Å²) in [6, 6.07) is 9.38. The molecule has 1 aliphatic heterocycles. The summed E-state index contributed by atoms with van der Waals surface area (Å²) in [7, 11) is 1.59. The summed E-state index contributed by atoms with van der Waals surface area (Å²) < 4.78 is 5.83. The van der Waals surface area contributed by atoms with E-state index in [0.29, 0.717) is 40.6 Å². The standard InChI is InChI=1S/C19H17BrN6O2/c1-28-13-4-6-16(21-9-13)25-18-14(20)10-22-19(26-18)23-12-3-5-15-11(8-12)2-7-17(27)24-15/h3-6,8-10H,2,7H2,1H3,(H,24,27)(H2,21,22,23,25,26). The highest BCUT2D eigenvalue weighted by molar-refractivity contribution is 9.10. The van der Waals surface area contributed by atoms with Crippen LogP contribution >= 0.6 is 15.9 Å². The average Bonchev–Trinajstić information content (AvgIpc) is 2.71. The minimum atomic E-state index is 0.0484. The second-order valence-corrected chi connectivity index (χ2v) is 7.00. The molecule has 28 heavy (non-hydrogen) atoms. The van der Waals surface area contributed by atoms with Gasteiger partial charge in [-0.05, 0) is 58.2 Å². The average molecular weight is 441 g/mol. The Morgan fingerprint density at radius 3 is 2.79 bits per heavy atom. The highest BCUT2D eigenvalue weighted by Crippen LogP contribution is 2.28. The van der Waals surface area contributed by atoms with Crippen molar-refractivity contribution in [3.63, 3.8) is 0 Å². The molecule has 0 atom stereocenters. The number of benzene rings is 1. The monoisotopic (exact) mass is 440 g/mol. The van der Waals surface area contributed by atoms with Crippen LogP contribution in [0.4, 0.5) is 29.0 Å². The van der Waals surface area contributed by atoms with Crippen molar-refractivity contribution in [1.82, 2.24) is 15.0 Å². The Balaban J connectivity index is 1.52. The summed E-state index contributed by atoms with van der Waals surface area (Å²) in [5, 5.41) is 9.23. The van der Waals surface area contributed by atoms with E-state index in [9.17, 15) is 4.79 Å². The summed E-state index contributed by atoms with van der Waals surface area (Å²) in [4.78, 5) is 24.6. The lowest BCUT2D eigenvalue weighted by atomic mass is 10.0. The van der Waals surface area contributed by atoms with E-state index in [1.165, 1.54) is 0 Å². The van der Waals surface area contributed by atoms with Gasteiger partial charge < -0.3 is 20.7 Å². The molecule has 1 aromatic carbocycles. The fourth-order valence-corrected chi connectivity index (χ4v) is 3.09. The molecule has 0 radical (unpaired) electrons. The first kappa shape index (κ1) is 18.2. The normalized spacial score (nSPS) is 12.7. The van der Waals surface area contributed by atoms with Gasteiger partial charge in [0.15, 0.2) is 5.82 Å². The number of fused-ring (bicyclic) bond motifs is 1. The first-order valence-electron chi connectivity index (χ1n) is 8.60. The van der Waals surface area contributed by atoms with E-state index in [-0.39, 0.29) is 5.91 Å². The van der Waals surface area contributed by atoms with Crippen molar-refractivity contribution in [2.75, 3.05) is 23.1 Å². The molecule has 0 saturated heterocycles. The van der Waals surface area contributed by atoms with Crippen LogP contribution < -0.4 is 20.7 Å². The molecule has 0 fully saturated rings. The highest BCUT2D eigenvalue weighted by Gasteiger charge is 2.15. The summed E-state index contributed by atoms with van der Waals surface area (Å²) in [6.07, 6.45) is 4.50.